The number of carboxylic acids is 1. The van der Waals surface area contributed by atoms with Gasteiger partial charge in [0.2, 0.25) is 0 Å². The number of hydrogen-bond acceptors (Lipinski definition) is 5. The maximum absolute atomic E-state index is 11.4. The Morgan fingerprint density at radius 2 is 2.11 bits per heavy atom. The molecule has 0 aromatic carbocycles. The summed E-state index contributed by atoms with van der Waals surface area (Å²) >= 11 is 0. The topological polar surface area (TPSA) is 88.5 Å². The van der Waals surface area contributed by atoms with Crippen molar-refractivity contribution in [3.63, 3.8) is 0 Å². The first-order valence-corrected chi connectivity index (χ1v) is 6.06. The quantitative estimate of drug-likeness (QED) is 0.578. The number of carbonyl (C=O) groups is 2. The number of ether oxygens (including phenoxy) is 1. The molecule has 0 bridgehead atoms. The van der Waals surface area contributed by atoms with Crippen molar-refractivity contribution >= 4 is 17.8 Å². The molecule has 0 aliphatic heterocycles. The van der Waals surface area contributed by atoms with Crippen LogP contribution in [0.1, 0.15) is 35.3 Å². The third kappa shape index (κ3) is 4.95. The molecule has 6 nitrogen and oxygen atoms in total. The Balaban J connectivity index is 2.45. The van der Waals surface area contributed by atoms with E-state index in [-0.39, 0.29) is 6.42 Å². The number of nitrogens with zero attached hydrogens (tertiary/aromatic N) is 1. The molecule has 1 aromatic rings. The molecule has 0 aliphatic rings. The molecular formula is C13H18N2O4. The highest BCUT2D eigenvalue weighted by Gasteiger charge is 2.10. The molecule has 0 saturated heterocycles. The van der Waals surface area contributed by atoms with Crippen LogP contribution in [-0.4, -0.2) is 35.7 Å². The predicted octanol–water partition coefficient (Wildman–Crippen LogP) is 1.84. The Hall–Kier alpha value is -2.11. The molecule has 1 aromatic heterocycles. The van der Waals surface area contributed by atoms with Crippen LogP contribution >= 0.6 is 0 Å². The fourth-order valence-corrected chi connectivity index (χ4v) is 1.60. The fraction of sp³-hybridized carbons (Fsp3) is 0.462. The van der Waals surface area contributed by atoms with Gasteiger partial charge in [-0.15, -0.1) is 0 Å². The number of aromatic nitrogens is 1. The first kappa shape index (κ1) is 14.9. The van der Waals surface area contributed by atoms with Gasteiger partial charge >= 0.3 is 11.9 Å². The van der Waals surface area contributed by atoms with E-state index < -0.39 is 11.9 Å². The molecule has 6 heteroatoms. The molecule has 0 atom stereocenters. The number of methoxy groups -OCH3 is 1. The highest BCUT2D eigenvalue weighted by molar-refractivity contribution is 5.90. The van der Waals surface area contributed by atoms with E-state index in [0.29, 0.717) is 30.0 Å². The van der Waals surface area contributed by atoms with Gasteiger partial charge in [-0.25, -0.2) is 9.78 Å². The van der Waals surface area contributed by atoms with Crippen LogP contribution in [0.5, 0.6) is 0 Å². The highest BCUT2D eigenvalue weighted by atomic mass is 16.5. The smallest absolute Gasteiger partial charge is 0.339 e. The first-order valence-electron chi connectivity index (χ1n) is 6.06. The Morgan fingerprint density at radius 3 is 2.68 bits per heavy atom. The minimum Gasteiger partial charge on any atom is -0.481 e. The number of hydrogen-bond donors (Lipinski definition) is 2. The lowest BCUT2D eigenvalue weighted by atomic mass is 10.2. The Bertz CT molecular complexity index is 460. The number of rotatable bonds is 7. The van der Waals surface area contributed by atoms with Gasteiger partial charge in [0.05, 0.1) is 18.4 Å². The minimum atomic E-state index is -0.781. The van der Waals surface area contributed by atoms with Gasteiger partial charge in [0.1, 0.15) is 5.82 Å². The normalized spacial score (nSPS) is 10.0. The summed E-state index contributed by atoms with van der Waals surface area (Å²) in [6.07, 6.45) is 1.56. The zero-order valence-corrected chi connectivity index (χ0v) is 11.1. The standard InChI is InChI=1S/C13H18N2O4/c1-9-10(13(18)19-2)6-7-11(15-9)14-8-4-3-5-12(16)17/h6-7H,3-5,8H2,1-2H3,(H,14,15)(H,16,17). The van der Waals surface area contributed by atoms with Crippen LogP contribution in [0.15, 0.2) is 12.1 Å². The number of aliphatic carboxylic acids is 1. The van der Waals surface area contributed by atoms with E-state index in [4.69, 9.17) is 5.11 Å². The molecule has 0 spiro atoms. The number of aryl methyl sites for hydroxylation is 1. The van der Waals surface area contributed by atoms with Crippen LogP contribution < -0.4 is 5.32 Å². The molecule has 0 saturated carbocycles. The van der Waals surface area contributed by atoms with Gasteiger partial charge in [-0.3, -0.25) is 4.79 Å². The van der Waals surface area contributed by atoms with E-state index in [1.165, 1.54) is 7.11 Å². The number of unbranched alkanes of at least 4 members (excludes halogenated alkanes) is 1. The van der Waals surface area contributed by atoms with Gasteiger partial charge in [0, 0.05) is 13.0 Å². The second-order valence-electron chi connectivity index (χ2n) is 4.10. The predicted molar refractivity (Wildman–Crippen MR) is 70.3 cm³/mol. The van der Waals surface area contributed by atoms with E-state index in [1.54, 1.807) is 19.1 Å². The molecule has 0 radical (unpaired) electrons. The molecule has 0 unspecified atom stereocenters. The van der Waals surface area contributed by atoms with Gasteiger partial charge in [0.25, 0.3) is 0 Å². The fourth-order valence-electron chi connectivity index (χ4n) is 1.60. The first-order chi connectivity index (χ1) is 9.04. The largest absolute Gasteiger partial charge is 0.481 e. The van der Waals surface area contributed by atoms with Crippen LogP contribution in [-0.2, 0) is 9.53 Å². The third-order valence-corrected chi connectivity index (χ3v) is 2.61. The van der Waals surface area contributed by atoms with Crippen molar-refractivity contribution in [2.24, 2.45) is 0 Å². The van der Waals surface area contributed by atoms with Gasteiger partial charge in [-0.1, -0.05) is 0 Å². The maximum Gasteiger partial charge on any atom is 0.339 e. The molecule has 0 aliphatic carbocycles. The average Bonchev–Trinajstić information content (AvgIpc) is 2.37. The lowest BCUT2D eigenvalue weighted by molar-refractivity contribution is -0.137. The van der Waals surface area contributed by atoms with Crippen molar-refractivity contribution in [1.82, 2.24) is 4.98 Å². The van der Waals surface area contributed by atoms with Crippen molar-refractivity contribution in [3.05, 3.63) is 23.4 Å². The zero-order chi connectivity index (χ0) is 14.3. The zero-order valence-electron chi connectivity index (χ0n) is 11.1. The minimum absolute atomic E-state index is 0.176. The molecule has 1 rings (SSSR count). The van der Waals surface area contributed by atoms with Crippen molar-refractivity contribution in [2.75, 3.05) is 19.0 Å². The second kappa shape index (κ2) is 7.35. The number of carbonyl (C=O) groups excluding carboxylic acids is 1. The summed E-state index contributed by atoms with van der Waals surface area (Å²) in [6, 6.07) is 3.37. The van der Waals surface area contributed by atoms with E-state index in [9.17, 15) is 9.59 Å². The Morgan fingerprint density at radius 1 is 1.37 bits per heavy atom. The third-order valence-electron chi connectivity index (χ3n) is 2.61. The van der Waals surface area contributed by atoms with Gasteiger partial charge < -0.3 is 15.2 Å². The molecule has 0 fully saturated rings. The van der Waals surface area contributed by atoms with Crippen LogP contribution in [0, 0.1) is 6.92 Å². The van der Waals surface area contributed by atoms with Crippen molar-refractivity contribution < 1.29 is 19.4 Å². The summed E-state index contributed by atoms with van der Waals surface area (Å²) in [5, 5.41) is 11.6. The number of pyridine rings is 1. The summed E-state index contributed by atoms with van der Waals surface area (Å²) in [5.41, 5.74) is 1.04. The summed E-state index contributed by atoms with van der Waals surface area (Å²) in [7, 11) is 1.33. The molecular weight excluding hydrogens is 248 g/mol. The maximum atomic E-state index is 11.4. The van der Waals surface area contributed by atoms with Gasteiger partial charge in [-0.05, 0) is 31.9 Å². The number of nitrogens with one attached hydrogen (secondary N) is 1. The van der Waals surface area contributed by atoms with E-state index in [0.717, 1.165) is 6.42 Å². The van der Waals surface area contributed by atoms with Gasteiger partial charge in [-0.2, -0.15) is 0 Å². The second-order valence-corrected chi connectivity index (χ2v) is 4.10. The Kier molecular flexibility index (Phi) is 5.78. The highest BCUT2D eigenvalue weighted by Crippen LogP contribution is 2.11. The number of esters is 1. The molecule has 19 heavy (non-hydrogen) atoms. The summed E-state index contributed by atoms with van der Waals surface area (Å²) in [6.45, 7) is 2.39. The van der Waals surface area contributed by atoms with Crippen LogP contribution in [0.2, 0.25) is 0 Å². The van der Waals surface area contributed by atoms with Crippen molar-refractivity contribution in [3.8, 4) is 0 Å². The number of anilines is 1. The average molecular weight is 266 g/mol. The summed E-state index contributed by atoms with van der Waals surface area (Å²) < 4.78 is 4.64. The Labute approximate surface area is 111 Å². The lowest BCUT2D eigenvalue weighted by Crippen LogP contribution is -2.09. The van der Waals surface area contributed by atoms with Crippen LogP contribution in [0.4, 0.5) is 5.82 Å². The lowest BCUT2D eigenvalue weighted by Gasteiger charge is -2.08. The molecule has 1 heterocycles. The van der Waals surface area contributed by atoms with Crippen LogP contribution in [0.3, 0.4) is 0 Å². The summed E-state index contributed by atoms with van der Waals surface area (Å²) in [4.78, 5) is 25.9. The molecule has 0 amide bonds. The summed E-state index contributed by atoms with van der Waals surface area (Å²) in [5.74, 6) is -0.519. The molecule has 2 N–H and O–H groups in total. The SMILES string of the molecule is COC(=O)c1ccc(NCCCCC(=O)O)nc1C. The van der Waals surface area contributed by atoms with E-state index in [1.807, 2.05) is 0 Å². The van der Waals surface area contributed by atoms with E-state index in [2.05, 4.69) is 15.0 Å². The van der Waals surface area contributed by atoms with Crippen molar-refractivity contribution in [2.45, 2.75) is 26.2 Å². The van der Waals surface area contributed by atoms with E-state index >= 15 is 0 Å². The van der Waals surface area contributed by atoms with Gasteiger partial charge in [0.15, 0.2) is 0 Å². The monoisotopic (exact) mass is 266 g/mol. The van der Waals surface area contributed by atoms with Crippen LogP contribution in [0.25, 0.3) is 0 Å². The molecule has 104 valence electrons. The van der Waals surface area contributed by atoms with Crippen molar-refractivity contribution in [1.29, 1.82) is 0 Å². The number of carboxylic acid groups (broad SMARTS) is 1.